The Labute approximate surface area is 151 Å². The van der Waals surface area contributed by atoms with Crippen LogP contribution in [-0.2, 0) is 11.3 Å². The van der Waals surface area contributed by atoms with Crippen molar-refractivity contribution < 1.29 is 14.0 Å². The van der Waals surface area contributed by atoms with Crippen molar-refractivity contribution in [2.75, 3.05) is 19.6 Å². The molecule has 5 nitrogen and oxygen atoms in total. The van der Waals surface area contributed by atoms with E-state index in [9.17, 15) is 14.0 Å². The maximum Gasteiger partial charge on any atom is 0.253 e. The van der Waals surface area contributed by atoms with Gasteiger partial charge in [0, 0.05) is 44.1 Å². The Bertz CT molecular complexity index is 825. The molecule has 0 N–H and O–H groups in total. The maximum atomic E-state index is 13.1. The van der Waals surface area contributed by atoms with Gasteiger partial charge in [0.25, 0.3) is 5.91 Å². The third-order valence-electron chi connectivity index (χ3n) is 5.43. The summed E-state index contributed by atoms with van der Waals surface area (Å²) in [5.41, 5.74) is 0.994. The first-order valence-corrected chi connectivity index (χ1v) is 8.81. The predicted octanol–water partition coefficient (Wildman–Crippen LogP) is 2.49. The summed E-state index contributed by atoms with van der Waals surface area (Å²) in [6.07, 6.45) is 4.94. The molecule has 2 amide bonds. The first-order chi connectivity index (χ1) is 12.6. The van der Waals surface area contributed by atoms with Crippen LogP contribution in [0.2, 0.25) is 0 Å². The lowest BCUT2D eigenvalue weighted by atomic mass is 9.85. The molecule has 1 unspecified atom stereocenters. The van der Waals surface area contributed by atoms with Crippen LogP contribution in [0.3, 0.4) is 0 Å². The van der Waals surface area contributed by atoms with Crippen molar-refractivity contribution in [3.8, 4) is 0 Å². The van der Waals surface area contributed by atoms with Crippen molar-refractivity contribution in [2.45, 2.75) is 19.4 Å². The summed E-state index contributed by atoms with van der Waals surface area (Å²) in [7, 11) is 0. The van der Waals surface area contributed by atoms with Gasteiger partial charge in [-0.15, -0.1) is 0 Å². The number of hydrogen-bond donors (Lipinski definition) is 0. The minimum atomic E-state index is -0.474. The minimum absolute atomic E-state index is 0.121. The van der Waals surface area contributed by atoms with Gasteiger partial charge in [-0.3, -0.25) is 14.6 Å². The third kappa shape index (κ3) is 2.96. The minimum Gasteiger partial charge on any atom is -0.338 e. The molecule has 2 aliphatic rings. The van der Waals surface area contributed by atoms with Crippen molar-refractivity contribution in [1.82, 2.24) is 14.8 Å². The van der Waals surface area contributed by atoms with Crippen LogP contribution in [0.25, 0.3) is 0 Å². The molecule has 6 heteroatoms. The van der Waals surface area contributed by atoms with E-state index < -0.39 is 5.41 Å². The molecule has 1 aromatic carbocycles. The molecule has 1 atom stereocenters. The largest absolute Gasteiger partial charge is 0.338 e. The van der Waals surface area contributed by atoms with E-state index in [-0.39, 0.29) is 17.6 Å². The van der Waals surface area contributed by atoms with Crippen LogP contribution in [-0.4, -0.2) is 46.2 Å². The molecule has 26 heavy (non-hydrogen) atoms. The number of halogens is 1. The predicted molar refractivity (Wildman–Crippen MR) is 93.6 cm³/mol. The van der Waals surface area contributed by atoms with Gasteiger partial charge in [0.05, 0.1) is 5.41 Å². The molecule has 2 aromatic rings. The Morgan fingerprint density at radius 1 is 1.15 bits per heavy atom. The van der Waals surface area contributed by atoms with Crippen molar-refractivity contribution in [3.63, 3.8) is 0 Å². The second kappa shape index (κ2) is 6.52. The highest BCUT2D eigenvalue weighted by atomic mass is 19.1. The molecule has 3 heterocycles. The first-order valence-electron chi connectivity index (χ1n) is 8.81. The summed E-state index contributed by atoms with van der Waals surface area (Å²) in [5, 5.41) is 0. The van der Waals surface area contributed by atoms with Crippen LogP contribution in [0.4, 0.5) is 4.39 Å². The van der Waals surface area contributed by atoms with Gasteiger partial charge in [-0.05, 0) is 48.7 Å². The highest BCUT2D eigenvalue weighted by Crippen LogP contribution is 2.41. The summed E-state index contributed by atoms with van der Waals surface area (Å²) < 4.78 is 13.1. The second-order valence-electron chi connectivity index (χ2n) is 7.10. The van der Waals surface area contributed by atoms with E-state index in [1.165, 1.54) is 24.3 Å². The van der Waals surface area contributed by atoms with E-state index in [1.54, 1.807) is 17.3 Å². The summed E-state index contributed by atoms with van der Waals surface area (Å²) in [4.78, 5) is 33.3. The standard InChI is InChI=1S/C20H20FN3O2/c21-17-5-3-16(4-6-17)18(25)24-11-8-20(14-24)7-10-23(19(20)26)13-15-2-1-9-22-12-15/h1-6,9,12H,7-8,10-11,13-14H2. The molecule has 0 aliphatic carbocycles. The smallest absolute Gasteiger partial charge is 0.253 e. The number of rotatable bonds is 3. The first kappa shape index (κ1) is 16.7. The average Bonchev–Trinajstić information content (AvgIpc) is 3.23. The summed E-state index contributed by atoms with van der Waals surface area (Å²) >= 11 is 0. The zero-order chi connectivity index (χ0) is 18.1. The Balaban J connectivity index is 1.45. The van der Waals surface area contributed by atoms with Crippen LogP contribution >= 0.6 is 0 Å². The molecule has 2 aliphatic heterocycles. The highest BCUT2D eigenvalue weighted by Gasteiger charge is 2.51. The Morgan fingerprint density at radius 3 is 2.65 bits per heavy atom. The van der Waals surface area contributed by atoms with Gasteiger partial charge in [0.2, 0.25) is 5.91 Å². The van der Waals surface area contributed by atoms with Crippen LogP contribution in [0, 0.1) is 11.2 Å². The molecule has 0 bridgehead atoms. The number of amides is 2. The number of carbonyl (C=O) groups is 2. The summed E-state index contributed by atoms with van der Waals surface area (Å²) in [6, 6.07) is 9.39. The third-order valence-corrected chi connectivity index (χ3v) is 5.43. The Morgan fingerprint density at radius 2 is 1.92 bits per heavy atom. The monoisotopic (exact) mass is 353 g/mol. The van der Waals surface area contributed by atoms with E-state index in [4.69, 9.17) is 0 Å². The molecular formula is C20H20FN3O2. The summed E-state index contributed by atoms with van der Waals surface area (Å²) in [5.74, 6) is -0.382. The summed E-state index contributed by atoms with van der Waals surface area (Å²) in [6.45, 7) is 2.25. The van der Waals surface area contributed by atoms with Gasteiger partial charge in [-0.1, -0.05) is 6.07 Å². The van der Waals surface area contributed by atoms with Crippen LogP contribution in [0.15, 0.2) is 48.8 Å². The van der Waals surface area contributed by atoms with Gasteiger partial charge >= 0.3 is 0 Å². The van der Waals surface area contributed by atoms with E-state index in [1.807, 2.05) is 17.0 Å². The van der Waals surface area contributed by atoms with Crippen molar-refractivity contribution in [1.29, 1.82) is 0 Å². The van der Waals surface area contributed by atoms with Crippen molar-refractivity contribution in [3.05, 3.63) is 65.7 Å². The molecule has 0 radical (unpaired) electrons. The van der Waals surface area contributed by atoms with Gasteiger partial charge in [-0.25, -0.2) is 4.39 Å². The van der Waals surface area contributed by atoms with Crippen LogP contribution in [0.1, 0.15) is 28.8 Å². The maximum absolute atomic E-state index is 13.1. The van der Waals surface area contributed by atoms with E-state index >= 15 is 0 Å². The molecule has 0 saturated carbocycles. The molecule has 2 fully saturated rings. The van der Waals surface area contributed by atoms with Crippen molar-refractivity contribution >= 4 is 11.8 Å². The highest BCUT2D eigenvalue weighted by molar-refractivity contribution is 5.95. The fourth-order valence-electron chi connectivity index (χ4n) is 3.96. The SMILES string of the molecule is O=C(c1ccc(F)cc1)N1CCC2(CCN(Cc3cccnc3)C2=O)C1. The van der Waals surface area contributed by atoms with Gasteiger partial charge in [0.1, 0.15) is 5.82 Å². The second-order valence-corrected chi connectivity index (χ2v) is 7.10. The zero-order valence-electron chi connectivity index (χ0n) is 14.4. The average molecular weight is 353 g/mol. The fraction of sp³-hybridized carbons (Fsp3) is 0.350. The van der Waals surface area contributed by atoms with Gasteiger partial charge in [0.15, 0.2) is 0 Å². The van der Waals surface area contributed by atoms with E-state index in [2.05, 4.69) is 4.98 Å². The lowest BCUT2D eigenvalue weighted by molar-refractivity contribution is -0.135. The number of hydrogen-bond acceptors (Lipinski definition) is 3. The van der Waals surface area contributed by atoms with E-state index in [0.717, 1.165) is 12.0 Å². The van der Waals surface area contributed by atoms with Crippen LogP contribution in [0.5, 0.6) is 0 Å². The van der Waals surface area contributed by atoms with Gasteiger partial charge < -0.3 is 9.80 Å². The molecule has 134 valence electrons. The zero-order valence-corrected chi connectivity index (χ0v) is 14.4. The Hall–Kier alpha value is -2.76. The molecular weight excluding hydrogens is 333 g/mol. The lowest BCUT2D eigenvalue weighted by Gasteiger charge is -2.23. The fourth-order valence-corrected chi connectivity index (χ4v) is 3.96. The molecule has 4 rings (SSSR count). The lowest BCUT2D eigenvalue weighted by Crippen LogP contribution is -2.38. The number of likely N-dealkylation sites (tertiary alicyclic amines) is 2. The molecule has 1 aromatic heterocycles. The normalized spacial score (nSPS) is 22.4. The van der Waals surface area contributed by atoms with E-state index in [0.29, 0.717) is 38.2 Å². The molecule has 1 spiro atoms. The number of pyridine rings is 1. The number of nitrogens with zero attached hydrogens (tertiary/aromatic N) is 3. The molecule has 2 saturated heterocycles. The van der Waals surface area contributed by atoms with Gasteiger partial charge in [-0.2, -0.15) is 0 Å². The number of aromatic nitrogens is 1. The Kier molecular flexibility index (Phi) is 4.18. The van der Waals surface area contributed by atoms with Crippen LogP contribution < -0.4 is 0 Å². The number of benzene rings is 1. The quantitative estimate of drug-likeness (QED) is 0.852. The topological polar surface area (TPSA) is 53.5 Å². The number of carbonyl (C=O) groups excluding carboxylic acids is 2. The van der Waals surface area contributed by atoms with Crippen molar-refractivity contribution in [2.24, 2.45) is 5.41 Å².